The van der Waals surface area contributed by atoms with Crippen LogP contribution < -0.4 is 0 Å². The highest BCUT2D eigenvalue weighted by Crippen LogP contribution is 2.09. The van der Waals surface area contributed by atoms with E-state index in [0.717, 1.165) is 5.69 Å². The van der Waals surface area contributed by atoms with Crippen molar-refractivity contribution in [3.05, 3.63) is 17.5 Å². The topological polar surface area (TPSA) is 38.1 Å². The van der Waals surface area contributed by atoms with Gasteiger partial charge < -0.3 is 4.90 Å². The van der Waals surface area contributed by atoms with Crippen LogP contribution in [0.5, 0.6) is 0 Å². The highest BCUT2D eigenvalue weighted by Gasteiger charge is 2.21. The van der Waals surface area contributed by atoms with E-state index in [1.807, 2.05) is 20.8 Å². The second-order valence-electron chi connectivity index (χ2n) is 4.08. The fourth-order valence-electron chi connectivity index (χ4n) is 1.64. The minimum atomic E-state index is -0.0150. The molecular weight excluding hydrogens is 226 g/mol. The quantitative estimate of drug-likeness (QED) is 0.757. The molecule has 0 saturated carbocycles. The van der Waals surface area contributed by atoms with Gasteiger partial charge in [-0.15, -0.1) is 11.6 Å². The van der Waals surface area contributed by atoms with E-state index in [-0.39, 0.29) is 11.9 Å². The van der Waals surface area contributed by atoms with Crippen LogP contribution >= 0.6 is 11.6 Å². The SMILES string of the molecule is Cc1cc(C(=O)N(CCCl)C(C)C)n(C)n1. The highest BCUT2D eigenvalue weighted by atomic mass is 35.5. The first-order chi connectivity index (χ1) is 7.47. The van der Waals surface area contributed by atoms with E-state index in [1.165, 1.54) is 0 Å². The molecule has 5 heteroatoms. The Balaban J connectivity index is 2.94. The van der Waals surface area contributed by atoms with E-state index in [0.29, 0.717) is 18.1 Å². The zero-order chi connectivity index (χ0) is 12.3. The van der Waals surface area contributed by atoms with Crippen molar-refractivity contribution in [1.82, 2.24) is 14.7 Å². The number of hydrogen-bond donors (Lipinski definition) is 0. The lowest BCUT2D eigenvalue weighted by Gasteiger charge is -2.25. The molecule has 1 aromatic heterocycles. The Hall–Kier alpha value is -1.03. The Morgan fingerprint density at radius 2 is 2.25 bits per heavy atom. The smallest absolute Gasteiger partial charge is 0.272 e. The number of hydrogen-bond acceptors (Lipinski definition) is 2. The third-order valence-corrected chi connectivity index (χ3v) is 2.60. The summed E-state index contributed by atoms with van der Waals surface area (Å²) in [6, 6.07) is 1.94. The van der Waals surface area contributed by atoms with Crippen LogP contribution in [0.25, 0.3) is 0 Å². The largest absolute Gasteiger partial charge is 0.334 e. The molecule has 0 fully saturated rings. The maximum absolute atomic E-state index is 12.2. The van der Waals surface area contributed by atoms with Crippen LogP contribution in [0.1, 0.15) is 30.0 Å². The minimum absolute atomic E-state index is 0.0150. The van der Waals surface area contributed by atoms with E-state index in [2.05, 4.69) is 5.10 Å². The van der Waals surface area contributed by atoms with E-state index in [9.17, 15) is 4.79 Å². The second kappa shape index (κ2) is 5.34. The van der Waals surface area contributed by atoms with Crippen molar-refractivity contribution in [2.45, 2.75) is 26.8 Å². The summed E-state index contributed by atoms with van der Waals surface area (Å²) in [7, 11) is 1.78. The van der Waals surface area contributed by atoms with Crippen molar-refractivity contribution in [3.8, 4) is 0 Å². The number of rotatable bonds is 4. The Kier molecular flexibility index (Phi) is 4.35. The van der Waals surface area contributed by atoms with Crippen molar-refractivity contribution in [1.29, 1.82) is 0 Å². The molecule has 0 unspecified atom stereocenters. The molecule has 1 rings (SSSR count). The third kappa shape index (κ3) is 2.76. The summed E-state index contributed by atoms with van der Waals surface area (Å²) >= 11 is 5.70. The molecule has 0 saturated heterocycles. The van der Waals surface area contributed by atoms with Crippen molar-refractivity contribution >= 4 is 17.5 Å². The predicted octanol–water partition coefficient (Wildman–Crippen LogP) is 1.82. The van der Waals surface area contributed by atoms with Crippen molar-refractivity contribution in [2.75, 3.05) is 12.4 Å². The summed E-state index contributed by atoms with van der Waals surface area (Å²) in [6.07, 6.45) is 0. The van der Waals surface area contributed by atoms with Gasteiger partial charge in [0.05, 0.1) is 5.69 Å². The van der Waals surface area contributed by atoms with Gasteiger partial charge in [-0.05, 0) is 26.8 Å². The number of aromatic nitrogens is 2. The lowest BCUT2D eigenvalue weighted by atomic mass is 10.2. The first-order valence-corrected chi connectivity index (χ1v) is 5.88. The summed E-state index contributed by atoms with van der Waals surface area (Å²) in [5.74, 6) is 0.430. The number of carbonyl (C=O) groups excluding carboxylic acids is 1. The van der Waals surface area contributed by atoms with Gasteiger partial charge in [-0.2, -0.15) is 5.10 Å². The van der Waals surface area contributed by atoms with Crippen molar-refractivity contribution < 1.29 is 4.79 Å². The molecule has 0 radical (unpaired) electrons. The Labute approximate surface area is 101 Å². The molecule has 16 heavy (non-hydrogen) atoms. The van der Waals surface area contributed by atoms with Crippen molar-refractivity contribution in [2.24, 2.45) is 7.05 Å². The van der Waals surface area contributed by atoms with Crippen LogP contribution in [0.3, 0.4) is 0 Å². The van der Waals surface area contributed by atoms with E-state index in [4.69, 9.17) is 11.6 Å². The summed E-state index contributed by atoms with van der Waals surface area (Å²) in [5, 5.41) is 4.17. The van der Waals surface area contributed by atoms with E-state index in [1.54, 1.807) is 22.7 Å². The minimum Gasteiger partial charge on any atom is -0.334 e. The Morgan fingerprint density at radius 1 is 1.62 bits per heavy atom. The molecule has 0 atom stereocenters. The molecule has 0 aliphatic rings. The molecule has 0 N–H and O–H groups in total. The van der Waals surface area contributed by atoms with Gasteiger partial charge in [0, 0.05) is 25.5 Å². The molecule has 0 aliphatic carbocycles. The van der Waals surface area contributed by atoms with Gasteiger partial charge in [0.15, 0.2) is 0 Å². The second-order valence-corrected chi connectivity index (χ2v) is 4.45. The third-order valence-electron chi connectivity index (χ3n) is 2.43. The average Bonchev–Trinajstić information content (AvgIpc) is 2.53. The zero-order valence-corrected chi connectivity index (χ0v) is 11.0. The van der Waals surface area contributed by atoms with E-state index >= 15 is 0 Å². The average molecular weight is 244 g/mol. The molecule has 1 amide bonds. The summed E-state index contributed by atoms with van der Waals surface area (Å²) in [5.41, 5.74) is 1.46. The fourth-order valence-corrected chi connectivity index (χ4v) is 1.83. The Bertz CT molecular complexity index is 373. The first kappa shape index (κ1) is 13.0. The number of aryl methyl sites for hydroxylation is 2. The molecular formula is C11H18ClN3O. The van der Waals surface area contributed by atoms with Gasteiger partial charge in [-0.3, -0.25) is 9.48 Å². The highest BCUT2D eigenvalue weighted by molar-refractivity contribution is 6.18. The number of nitrogens with zero attached hydrogens (tertiary/aromatic N) is 3. The van der Waals surface area contributed by atoms with Crippen molar-refractivity contribution in [3.63, 3.8) is 0 Å². The summed E-state index contributed by atoms with van der Waals surface area (Å²) < 4.78 is 1.61. The number of halogens is 1. The molecule has 0 bridgehead atoms. The van der Waals surface area contributed by atoms with Crippen LogP contribution in [-0.2, 0) is 7.05 Å². The van der Waals surface area contributed by atoms with Crippen LogP contribution in [0, 0.1) is 6.92 Å². The monoisotopic (exact) mass is 243 g/mol. The van der Waals surface area contributed by atoms with Gasteiger partial charge in [-0.25, -0.2) is 0 Å². The van der Waals surface area contributed by atoms with E-state index < -0.39 is 0 Å². The lowest BCUT2D eigenvalue weighted by Crippen LogP contribution is -2.39. The van der Waals surface area contributed by atoms with Crippen LogP contribution in [0.2, 0.25) is 0 Å². The first-order valence-electron chi connectivity index (χ1n) is 5.35. The fraction of sp³-hybridized carbons (Fsp3) is 0.636. The molecule has 1 aromatic rings. The summed E-state index contributed by atoms with van der Waals surface area (Å²) in [6.45, 7) is 6.39. The number of alkyl halides is 1. The number of amides is 1. The van der Waals surface area contributed by atoms with Crippen LogP contribution in [-0.4, -0.2) is 39.1 Å². The van der Waals surface area contributed by atoms with Gasteiger partial charge in [0.2, 0.25) is 0 Å². The Morgan fingerprint density at radius 3 is 2.62 bits per heavy atom. The standard InChI is InChI=1S/C11H18ClN3O/c1-8(2)15(6-5-12)11(16)10-7-9(3)13-14(10)4/h7-8H,5-6H2,1-4H3. The van der Waals surface area contributed by atoms with Crippen LogP contribution in [0.15, 0.2) is 6.07 Å². The maximum Gasteiger partial charge on any atom is 0.272 e. The van der Waals surface area contributed by atoms with Gasteiger partial charge >= 0.3 is 0 Å². The molecule has 0 aliphatic heterocycles. The zero-order valence-electron chi connectivity index (χ0n) is 10.2. The summed E-state index contributed by atoms with van der Waals surface area (Å²) in [4.78, 5) is 14.0. The van der Waals surface area contributed by atoms with Gasteiger partial charge in [-0.1, -0.05) is 0 Å². The number of carbonyl (C=O) groups is 1. The van der Waals surface area contributed by atoms with Gasteiger partial charge in [0.1, 0.15) is 5.69 Å². The molecule has 1 heterocycles. The lowest BCUT2D eigenvalue weighted by molar-refractivity contribution is 0.0707. The maximum atomic E-state index is 12.2. The molecule has 90 valence electrons. The normalized spacial score (nSPS) is 10.9. The van der Waals surface area contributed by atoms with Gasteiger partial charge in [0.25, 0.3) is 5.91 Å². The molecule has 0 spiro atoms. The molecule has 0 aromatic carbocycles. The van der Waals surface area contributed by atoms with Crippen LogP contribution in [0.4, 0.5) is 0 Å². The molecule has 4 nitrogen and oxygen atoms in total. The predicted molar refractivity (Wildman–Crippen MR) is 64.8 cm³/mol.